The summed E-state index contributed by atoms with van der Waals surface area (Å²) in [7, 11) is 0. The average molecular weight is 509 g/mol. The molecule has 2 aromatic carbocycles. The zero-order valence-electron chi connectivity index (χ0n) is 17.3. The molecule has 0 fully saturated rings. The van der Waals surface area contributed by atoms with E-state index in [2.05, 4.69) is 73.0 Å². The molecule has 0 unspecified atom stereocenters. The third kappa shape index (κ3) is 23.5. The van der Waals surface area contributed by atoms with Crippen molar-refractivity contribution >= 4 is 0 Å². The molecule has 0 aliphatic carbocycles. The maximum atomic E-state index is 3.97. The first-order valence-electron chi connectivity index (χ1n) is 9.37. The van der Waals surface area contributed by atoms with Gasteiger partial charge in [-0.15, -0.1) is 0 Å². The van der Waals surface area contributed by atoms with Crippen LogP contribution in [0.15, 0.2) is 48.5 Å². The van der Waals surface area contributed by atoms with Gasteiger partial charge in [-0.2, -0.15) is 61.6 Å². The molecule has 0 spiro atoms. The fourth-order valence-corrected chi connectivity index (χ4v) is 1.75. The molecule has 25 heavy (non-hydrogen) atoms. The van der Waals surface area contributed by atoms with E-state index in [0.29, 0.717) is 0 Å². The van der Waals surface area contributed by atoms with Gasteiger partial charge in [0, 0.05) is 0 Å². The van der Waals surface area contributed by atoms with Crippen LogP contribution in [-0.2, 0) is 38.7 Å². The van der Waals surface area contributed by atoms with Gasteiger partial charge in [-0.25, -0.2) is 24.3 Å². The van der Waals surface area contributed by atoms with Gasteiger partial charge in [0.25, 0.3) is 0 Å². The quantitative estimate of drug-likeness (QED) is 0.305. The molecule has 0 N–H and O–H groups in total. The molecule has 0 saturated carbocycles. The number of rotatable bonds is 6. The standard InChI is InChI=1S/2C7H9.2C4H10N.Hf/c2*1-2-7-5-3-4-6-7;2*1-3-5-4-2;/h2*3-6H,2H2,1H3;2*3-4H2,1-2H3;/q4*-1;+4. The Labute approximate surface area is 176 Å². The Balaban J connectivity index is -0.000000259. The van der Waals surface area contributed by atoms with Crippen LogP contribution in [0.1, 0.15) is 52.7 Å². The van der Waals surface area contributed by atoms with Crippen LogP contribution in [0.3, 0.4) is 0 Å². The zero-order valence-corrected chi connectivity index (χ0v) is 20.8. The number of hydrogen-bond donors (Lipinski definition) is 0. The Bertz CT molecular complexity index is 349. The van der Waals surface area contributed by atoms with E-state index in [0.717, 1.165) is 39.0 Å². The largest absolute Gasteiger partial charge is 4.00 e. The second kappa shape index (κ2) is 25.7. The van der Waals surface area contributed by atoms with Gasteiger partial charge in [-0.1, -0.05) is 54.4 Å². The van der Waals surface area contributed by atoms with E-state index in [1.165, 1.54) is 11.1 Å². The minimum Gasteiger partial charge on any atom is -0.663 e. The molecule has 2 nitrogen and oxygen atoms in total. The Hall–Kier alpha value is -0.510. The van der Waals surface area contributed by atoms with Crippen molar-refractivity contribution in [2.24, 2.45) is 0 Å². The zero-order chi connectivity index (χ0) is 18.5. The van der Waals surface area contributed by atoms with E-state index in [1.807, 2.05) is 27.7 Å². The van der Waals surface area contributed by atoms with Crippen molar-refractivity contribution in [3.63, 3.8) is 0 Å². The number of hydrogen-bond acceptors (Lipinski definition) is 0. The Morgan fingerprint density at radius 1 is 0.520 bits per heavy atom. The van der Waals surface area contributed by atoms with E-state index < -0.39 is 0 Å². The molecule has 2 aromatic rings. The second-order valence-corrected chi connectivity index (χ2v) is 5.01. The molecular weight excluding hydrogens is 471 g/mol. The normalized spacial score (nSPS) is 8.56. The maximum Gasteiger partial charge on any atom is 4.00 e. The minimum atomic E-state index is 0. The third-order valence-corrected chi connectivity index (χ3v) is 3.17. The van der Waals surface area contributed by atoms with E-state index in [9.17, 15) is 0 Å². The van der Waals surface area contributed by atoms with Crippen LogP contribution in [0, 0.1) is 0 Å². The summed E-state index contributed by atoms with van der Waals surface area (Å²) in [5, 5.41) is 7.94. The van der Waals surface area contributed by atoms with Crippen molar-refractivity contribution in [1.82, 2.24) is 0 Å². The first kappa shape index (κ1) is 29.3. The SMILES string of the molecule is CC[N-]CC.CC[N-]CC.CC[c-]1cccc1.CC[c-]1cccc1.[Hf+4]. The van der Waals surface area contributed by atoms with Crippen molar-refractivity contribution < 1.29 is 25.8 Å². The topological polar surface area (TPSA) is 28.2 Å². The number of aryl methyl sites for hydroxylation is 2. The summed E-state index contributed by atoms with van der Waals surface area (Å²) < 4.78 is 0. The molecule has 0 aromatic heterocycles. The summed E-state index contributed by atoms with van der Waals surface area (Å²) in [4.78, 5) is 0. The molecule has 2 rings (SSSR count). The summed E-state index contributed by atoms with van der Waals surface area (Å²) in [5.74, 6) is 0. The summed E-state index contributed by atoms with van der Waals surface area (Å²) >= 11 is 0. The third-order valence-electron chi connectivity index (χ3n) is 3.17. The van der Waals surface area contributed by atoms with Crippen LogP contribution < -0.4 is 0 Å². The van der Waals surface area contributed by atoms with Crippen LogP contribution in [0.25, 0.3) is 10.6 Å². The van der Waals surface area contributed by atoms with Crippen LogP contribution in [0.4, 0.5) is 0 Å². The van der Waals surface area contributed by atoms with Crippen molar-refractivity contribution in [3.8, 4) is 0 Å². The van der Waals surface area contributed by atoms with Crippen molar-refractivity contribution in [1.29, 1.82) is 0 Å². The van der Waals surface area contributed by atoms with Crippen LogP contribution in [0.5, 0.6) is 0 Å². The Morgan fingerprint density at radius 3 is 0.840 bits per heavy atom. The van der Waals surface area contributed by atoms with Gasteiger partial charge in [0.05, 0.1) is 0 Å². The predicted molar refractivity (Wildman–Crippen MR) is 112 cm³/mol. The maximum absolute atomic E-state index is 3.97. The molecule has 3 heteroatoms. The van der Waals surface area contributed by atoms with Crippen molar-refractivity contribution in [2.75, 3.05) is 26.2 Å². The first-order valence-corrected chi connectivity index (χ1v) is 9.37. The summed E-state index contributed by atoms with van der Waals surface area (Å²) in [6.07, 6.45) is 2.32. The fraction of sp³-hybridized carbons (Fsp3) is 0.545. The number of nitrogens with zero attached hydrogens (tertiary/aromatic N) is 2. The molecule has 0 atom stereocenters. The van der Waals surface area contributed by atoms with Crippen LogP contribution >= 0.6 is 0 Å². The first-order chi connectivity index (χ1) is 11.7. The molecule has 0 heterocycles. The van der Waals surface area contributed by atoms with Crippen LogP contribution in [0.2, 0.25) is 0 Å². The fourth-order valence-electron chi connectivity index (χ4n) is 1.75. The summed E-state index contributed by atoms with van der Waals surface area (Å²) in [5.41, 5.74) is 2.86. The second-order valence-electron chi connectivity index (χ2n) is 5.01. The minimum absolute atomic E-state index is 0. The smallest absolute Gasteiger partial charge is 0.663 e. The molecule has 0 aliphatic heterocycles. The Kier molecular flexibility index (Phi) is 30.1. The molecule has 0 bridgehead atoms. The molecule has 0 aliphatic rings. The van der Waals surface area contributed by atoms with Gasteiger partial charge in [0.15, 0.2) is 0 Å². The van der Waals surface area contributed by atoms with Crippen molar-refractivity contribution in [3.05, 3.63) is 70.3 Å². The van der Waals surface area contributed by atoms with E-state index in [1.54, 1.807) is 0 Å². The van der Waals surface area contributed by atoms with E-state index in [4.69, 9.17) is 0 Å². The van der Waals surface area contributed by atoms with E-state index in [-0.39, 0.29) is 25.8 Å². The molecular formula is C22H38HfN2. The summed E-state index contributed by atoms with van der Waals surface area (Å²) in [6, 6.07) is 16.8. The summed E-state index contributed by atoms with van der Waals surface area (Å²) in [6.45, 7) is 16.4. The molecule has 0 saturated heterocycles. The average Bonchev–Trinajstić information content (AvgIpc) is 3.31. The van der Waals surface area contributed by atoms with Gasteiger partial charge in [0.2, 0.25) is 0 Å². The molecule has 140 valence electrons. The van der Waals surface area contributed by atoms with Crippen LogP contribution in [-0.4, -0.2) is 26.2 Å². The van der Waals surface area contributed by atoms with Gasteiger partial charge < -0.3 is 10.6 Å². The molecule has 0 radical (unpaired) electrons. The predicted octanol–water partition coefficient (Wildman–Crippen LogP) is 6.73. The van der Waals surface area contributed by atoms with Gasteiger partial charge in [0.1, 0.15) is 0 Å². The van der Waals surface area contributed by atoms with Gasteiger partial charge in [-0.05, 0) is 0 Å². The van der Waals surface area contributed by atoms with Gasteiger partial charge >= 0.3 is 25.8 Å². The van der Waals surface area contributed by atoms with E-state index >= 15 is 0 Å². The molecule has 0 amide bonds. The van der Waals surface area contributed by atoms with Gasteiger partial charge in [-0.3, -0.25) is 0 Å². The Morgan fingerprint density at radius 2 is 0.760 bits per heavy atom. The monoisotopic (exact) mass is 510 g/mol. The van der Waals surface area contributed by atoms with Crippen molar-refractivity contribution in [2.45, 2.75) is 54.4 Å².